The molecule has 0 spiro atoms. The second-order valence-electron chi connectivity index (χ2n) is 2.69. The van der Waals surface area contributed by atoms with Crippen molar-refractivity contribution in [3.05, 3.63) is 22.9 Å². The normalized spacial score (nSPS) is 9.21. The lowest BCUT2D eigenvalue weighted by Gasteiger charge is -2.07. The Kier molecular flexibility index (Phi) is 3.03. The Morgan fingerprint density at radius 3 is 2.50 bits per heavy atom. The van der Waals surface area contributed by atoms with Crippen LogP contribution >= 0.6 is 0 Å². The minimum Gasteiger partial charge on any atom is -0.372 e. The van der Waals surface area contributed by atoms with Crippen LogP contribution in [-0.2, 0) is 0 Å². The van der Waals surface area contributed by atoms with Crippen molar-refractivity contribution in [2.75, 3.05) is 12.4 Å². The fourth-order valence-electron chi connectivity index (χ4n) is 1.10. The second kappa shape index (κ2) is 4.05. The van der Waals surface area contributed by atoms with E-state index < -0.39 is 11.8 Å². The molecule has 0 saturated heterocycles. The van der Waals surface area contributed by atoms with Gasteiger partial charge in [0.25, 0.3) is 5.95 Å². The highest BCUT2D eigenvalue weighted by atomic mass is 19.2. The van der Waals surface area contributed by atoms with Gasteiger partial charge in [0.2, 0.25) is 0 Å². The number of aromatic nitrogens is 1. The lowest BCUT2D eigenvalue weighted by molar-refractivity contribution is 0.475. The van der Waals surface area contributed by atoms with Crippen molar-refractivity contribution in [3.8, 4) is 11.8 Å². The van der Waals surface area contributed by atoms with Crippen LogP contribution in [-0.4, -0.2) is 12.0 Å². The standard InChI is InChI=1S/C10H10F2N2/c1-4-5-7-6(2)8(11)9(12)14-10(7)13-3/h1-3H3,(H,13,14). The summed E-state index contributed by atoms with van der Waals surface area (Å²) in [6.45, 7) is 3.10. The highest BCUT2D eigenvalue weighted by Crippen LogP contribution is 2.20. The first-order valence-electron chi connectivity index (χ1n) is 4.08. The molecule has 74 valence electrons. The van der Waals surface area contributed by atoms with Gasteiger partial charge in [-0.15, -0.1) is 5.92 Å². The quantitative estimate of drug-likeness (QED) is 0.549. The fraction of sp³-hybridized carbons (Fsp3) is 0.300. The third kappa shape index (κ3) is 1.67. The molecule has 0 unspecified atom stereocenters. The molecule has 0 saturated carbocycles. The van der Waals surface area contributed by atoms with Crippen LogP contribution in [0.5, 0.6) is 0 Å². The summed E-state index contributed by atoms with van der Waals surface area (Å²) in [6.07, 6.45) is 0. The summed E-state index contributed by atoms with van der Waals surface area (Å²) in [5, 5.41) is 2.67. The summed E-state index contributed by atoms with van der Waals surface area (Å²) in [6, 6.07) is 0. The van der Waals surface area contributed by atoms with E-state index in [9.17, 15) is 8.78 Å². The number of pyridine rings is 1. The number of hydrogen-bond acceptors (Lipinski definition) is 2. The molecule has 0 radical (unpaired) electrons. The zero-order valence-corrected chi connectivity index (χ0v) is 8.20. The highest BCUT2D eigenvalue weighted by Gasteiger charge is 2.14. The van der Waals surface area contributed by atoms with Gasteiger partial charge >= 0.3 is 0 Å². The van der Waals surface area contributed by atoms with Crippen molar-refractivity contribution < 1.29 is 8.78 Å². The molecule has 0 aromatic carbocycles. The van der Waals surface area contributed by atoms with Gasteiger partial charge in [0, 0.05) is 12.6 Å². The minimum absolute atomic E-state index is 0.177. The molecule has 0 fully saturated rings. The molecule has 0 aliphatic rings. The topological polar surface area (TPSA) is 24.9 Å². The molecule has 1 heterocycles. The molecule has 1 aromatic rings. The Hall–Kier alpha value is -1.63. The molecular formula is C10H10F2N2. The molecule has 1 N–H and O–H groups in total. The van der Waals surface area contributed by atoms with Crippen molar-refractivity contribution in [2.45, 2.75) is 13.8 Å². The Morgan fingerprint density at radius 2 is 2.00 bits per heavy atom. The molecule has 1 rings (SSSR count). The maximum absolute atomic E-state index is 13.1. The number of halogens is 2. The molecule has 0 aliphatic carbocycles. The van der Waals surface area contributed by atoms with E-state index >= 15 is 0 Å². The van der Waals surface area contributed by atoms with Gasteiger partial charge in [-0.2, -0.15) is 9.37 Å². The van der Waals surface area contributed by atoms with E-state index in [1.807, 2.05) is 0 Å². The van der Waals surface area contributed by atoms with Crippen molar-refractivity contribution in [3.63, 3.8) is 0 Å². The van der Waals surface area contributed by atoms with Crippen LogP contribution in [0.25, 0.3) is 0 Å². The lowest BCUT2D eigenvalue weighted by atomic mass is 10.1. The molecule has 0 bridgehead atoms. The van der Waals surface area contributed by atoms with Gasteiger partial charge in [0.15, 0.2) is 5.82 Å². The predicted molar refractivity (Wildman–Crippen MR) is 51.0 cm³/mol. The van der Waals surface area contributed by atoms with Crippen LogP contribution in [0.1, 0.15) is 18.1 Å². The first-order valence-corrected chi connectivity index (χ1v) is 4.08. The van der Waals surface area contributed by atoms with Crippen LogP contribution in [0.3, 0.4) is 0 Å². The largest absolute Gasteiger partial charge is 0.372 e. The highest BCUT2D eigenvalue weighted by molar-refractivity contribution is 5.57. The van der Waals surface area contributed by atoms with Crippen molar-refractivity contribution in [1.29, 1.82) is 0 Å². The minimum atomic E-state index is -1.10. The lowest BCUT2D eigenvalue weighted by Crippen LogP contribution is -2.04. The van der Waals surface area contributed by atoms with E-state index in [1.54, 1.807) is 14.0 Å². The Labute approximate surface area is 81.4 Å². The van der Waals surface area contributed by atoms with E-state index in [4.69, 9.17) is 0 Å². The first kappa shape index (κ1) is 10.5. The summed E-state index contributed by atoms with van der Waals surface area (Å²) in [5.41, 5.74) is 0.574. The number of anilines is 1. The van der Waals surface area contributed by atoms with Gasteiger partial charge < -0.3 is 5.32 Å². The van der Waals surface area contributed by atoms with Crippen LogP contribution in [0.15, 0.2) is 0 Å². The van der Waals surface area contributed by atoms with E-state index in [-0.39, 0.29) is 11.4 Å². The van der Waals surface area contributed by atoms with E-state index in [2.05, 4.69) is 22.1 Å². The Morgan fingerprint density at radius 1 is 1.36 bits per heavy atom. The van der Waals surface area contributed by atoms with Gasteiger partial charge in [-0.25, -0.2) is 4.39 Å². The zero-order valence-electron chi connectivity index (χ0n) is 8.20. The van der Waals surface area contributed by atoms with E-state index in [1.165, 1.54) is 6.92 Å². The van der Waals surface area contributed by atoms with Crippen molar-refractivity contribution in [1.82, 2.24) is 4.98 Å². The van der Waals surface area contributed by atoms with E-state index in [0.717, 1.165) is 0 Å². The maximum Gasteiger partial charge on any atom is 0.251 e. The average Bonchev–Trinajstić information content (AvgIpc) is 2.19. The molecule has 4 heteroatoms. The van der Waals surface area contributed by atoms with Crippen LogP contribution in [0, 0.1) is 30.5 Å². The summed E-state index contributed by atoms with van der Waals surface area (Å²) in [4.78, 5) is 3.42. The van der Waals surface area contributed by atoms with Crippen molar-refractivity contribution >= 4 is 5.82 Å². The SMILES string of the molecule is CC#Cc1c(NC)nc(F)c(F)c1C. The fourth-order valence-corrected chi connectivity index (χ4v) is 1.10. The average molecular weight is 196 g/mol. The van der Waals surface area contributed by atoms with Crippen LogP contribution in [0.2, 0.25) is 0 Å². The number of hydrogen-bond donors (Lipinski definition) is 1. The van der Waals surface area contributed by atoms with Gasteiger partial charge in [0.05, 0.1) is 5.56 Å². The van der Waals surface area contributed by atoms with Gasteiger partial charge in [0.1, 0.15) is 5.82 Å². The summed E-state index contributed by atoms with van der Waals surface area (Å²) >= 11 is 0. The number of nitrogens with one attached hydrogen (secondary N) is 1. The summed E-state index contributed by atoms with van der Waals surface area (Å²) in [7, 11) is 1.58. The number of rotatable bonds is 1. The molecule has 14 heavy (non-hydrogen) atoms. The van der Waals surface area contributed by atoms with E-state index in [0.29, 0.717) is 5.56 Å². The zero-order chi connectivity index (χ0) is 10.7. The number of nitrogens with zero attached hydrogens (tertiary/aromatic N) is 1. The summed E-state index contributed by atoms with van der Waals surface area (Å²) < 4.78 is 26.0. The third-order valence-corrected chi connectivity index (χ3v) is 1.82. The molecular weight excluding hydrogens is 186 g/mol. The van der Waals surface area contributed by atoms with Crippen molar-refractivity contribution in [2.24, 2.45) is 0 Å². The van der Waals surface area contributed by atoms with Gasteiger partial charge in [-0.05, 0) is 13.8 Å². The Bertz CT molecular complexity index is 416. The smallest absolute Gasteiger partial charge is 0.251 e. The van der Waals surface area contributed by atoms with Gasteiger partial charge in [-0.1, -0.05) is 5.92 Å². The third-order valence-electron chi connectivity index (χ3n) is 1.82. The van der Waals surface area contributed by atoms with Gasteiger partial charge in [-0.3, -0.25) is 0 Å². The van der Waals surface area contributed by atoms with Crippen LogP contribution in [0.4, 0.5) is 14.6 Å². The summed E-state index contributed by atoms with van der Waals surface area (Å²) in [5.74, 6) is 3.52. The Balaban J connectivity index is 3.50. The monoisotopic (exact) mass is 196 g/mol. The maximum atomic E-state index is 13.1. The molecule has 2 nitrogen and oxygen atoms in total. The van der Waals surface area contributed by atoms with Crippen LogP contribution < -0.4 is 5.32 Å². The molecule has 0 atom stereocenters. The first-order chi connectivity index (χ1) is 6.61. The molecule has 0 aliphatic heterocycles. The second-order valence-corrected chi connectivity index (χ2v) is 2.69. The molecule has 1 aromatic heterocycles. The predicted octanol–water partition coefficient (Wildman–Crippen LogP) is 2.08. The molecule has 0 amide bonds.